The summed E-state index contributed by atoms with van der Waals surface area (Å²) in [5, 5.41) is 11.1. The second-order valence-electron chi connectivity index (χ2n) is 3.91. The zero-order valence-electron chi connectivity index (χ0n) is 11.2. The van der Waals surface area contributed by atoms with Crippen LogP contribution < -0.4 is 5.32 Å². The average Bonchev–Trinajstić information content (AvgIpc) is 2.46. The van der Waals surface area contributed by atoms with Crippen LogP contribution in [0.5, 0.6) is 0 Å². The predicted molar refractivity (Wildman–Crippen MR) is 78.6 cm³/mol. The third kappa shape index (κ3) is 5.76. The molecule has 0 heterocycles. The van der Waals surface area contributed by atoms with Gasteiger partial charge in [-0.15, -0.1) is 11.8 Å². The zero-order chi connectivity index (χ0) is 14.8. The van der Waals surface area contributed by atoms with Crippen molar-refractivity contribution in [2.45, 2.75) is 13.3 Å². The van der Waals surface area contributed by atoms with Crippen LogP contribution in [0.25, 0.3) is 0 Å². The van der Waals surface area contributed by atoms with Crippen LogP contribution >= 0.6 is 11.8 Å². The number of anilines is 1. The third-order valence-corrected chi connectivity index (χ3v) is 3.04. The summed E-state index contributed by atoms with van der Waals surface area (Å²) in [5.41, 5.74) is 1.06. The monoisotopic (exact) mass is 292 g/mol. The van der Waals surface area contributed by atoms with E-state index < -0.39 is 0 Å². The van der Waals surface area contributed by atoms with Crippen molar-refractivity contribution in [2.75, 3.05) is 23.4 Å². The van der Waals surface area contributed by atoms with Crippen molar-refractivity contribution in [1.82, 2.24) is 0 Å². The fourth-order valence-electron chi connectivity index (χ4n) is 1.35. The molecule has 0 radical (unpaired) electrons. The highest BCUT2D eigenvalue weighted by Crippen LogP contribution is 2.11. The summed E-state index contributed by atoms with van der Waals surface area (Å²) in [4.78, 5) is 23.1. The van der Waals surface area contributed by atoms with Gasteiger partial charge in [0.1, 0.15) is 0 Å². The number of hydrogen-bond donors (Lipinski definition) is 1. The molecule has 0 bridgehead atoms. The molecule has 1 aromatic carbocycles. The molecule has 0 atom stereocenters. The van der Waals surface area contributed by atoms with Crippen LogP contribution in [0.4, 0.5) is 5.69 Å². The molecule has 0 aromatic heterocycles. The standard InChI is InChI=1S/C14H16N2O3S/c1-2-8-19-14(18)11-3-5-12(6-4-11)16-13(17)10-20-9-7-15/h3-6H,2,8-10H2,1H3,(H,16,17). The SMILES string of the molecule is CCCOC(=O)c1ccc(NC(=O)CSCC#N)cc1. The minimum atomic E-state index is -0.366. The van der Waals surface area contributed by atoms with E-state index in [1.807, 2.05) is 13.0 Å². The first-order chi connectivity index (χ1) is 9.67. The molecular formula is C14H16N2O3S. The summed E-state index contributed by atoms with van der Waals surface area (Å²) in [6.07, 6.45) is 0.778. The molecule has 1 aromatic rings. The molecule has 6 heteroatoms. The fourth-order valence-corrected chi connectivity index (χ4v) is 1.81. The van der Waals surface area contributed by atoms with E-state index in [2.05, 4.69) is 5.32 Å². The molecule has 0 saturated heterocycles. The molecular weight excluding hydrogens is 276 g/mol. The fraction of sp³-hybridized carbons (Fsp3) is 0.357. The highest BCUT2D eigenvalue weighted by molar-refractivity contribution is 8.00. The van der Waals surface area contributed by atoms with Gasteiger partial charge < -0.3 is 10.1 Å². The summed E-state index contributed by atoms with van der Waals surface area (Å²) in [5.74, 6) is -0.0235. The number of rotatable bonds is 7. The van der Waals surface area contributed by atoms with Crippen LogP contribution in [0.1, 0.15) is 23.7 Å². The maximum absolute atomic E-state index is 11.6. The van der Waals surface area contributed by atoms with Gasteiger partial charge in [0.15, 0.2) is 0 Å². The van der Waals surface area contributed by atoms with E-state index in [-0.39, 0.29) is 23.4 Å². The first kappa shape index (κ1) is 16.1. The lowest BCUT2D eigenvalue weighted by Gasteiger charge is -2.06. The van der Waals surface area contributed by atoms with Crippen molar-refractivity contribution in [3.05, 3.63) is 29.8 Å². The molecule has 0 unspecified atom stereocenters. The van der Waals surface area contributed by atoms with Crippen LogP contribution in [-0.2, 0) is 9.53 Å². The summed E-state index contributed by atoms with van der Waals surface area (Å²) in [7, 11) is 0. The lowest BCUT2D eigenvalue weighted by molar-refractivity contribution is -0.113. The van der Waals surface area contributed by atoms with Gasteiger partial charge in [-0.2, -0.15) is 5.26 Å². The first-order valence-corrected chi connectivity index (χ1v) is 7.34. The zero-order valence-corrected chi connectivity index (χ0v) is 12.0. The van der Waals surface area contributed by atoms with Crippen LogP contribution in [0, 0.1) is 11.3 Å². The van der Waals surface area contributed by atoms with Crippen molar-refractivity contribution < 1.29 is 14.3 Å². The Morgan fingerprint density at radius 2 is 2.05 bits per heavy atom. The van der Waals surface area contributed by atoms with Crippen molar-refractivity contribution in [1.29, 1.82) is 5.26 Å². The second kappa shape index (κ2) is 8.99. The number of carbonyl (C=O) groups excluding carboxylic acids is 2. The van der Waals surface area contributed by atoms with Crippen molar-refractivity contribution in [3.63, 3.8) is 0 Å². The van der Waals surface area contributed by atoms with Gasteiger partial charge in [-0.05, 0) is 30.7 Å². The Morgan fingerprint density at radius 3 is 2.65 bits per heavy atom. The summed E-state index contributed by atoms with van der Waals surface area (Å²) in [6.45, 7) is 2.32. The largest absolute Gasteiger partial charge is 0.462 e. The Hall–Kier alpha value is -2.00. The summed E-state index contributed by atoms with van der Waals surface area (Å²) < 4.78 is 5.00. The smallest absolute Gasteiger partial charge is 0.338 e. The highest BCUT2D eigenvalue weighted by Gasteiger charge is 2.07. The van der Waals surface area contributed by atoms with Gasteiger partial charge in [-0.1, -0.05) is 6.92 Å². The van der Waals surface area contributed by atoms with E-state index >= 15 is 0 Å². The number of amides is 1. The van der Waals surface area contributed by atoms with Gasteiger partial charge in [0.05, 0.1) is 29.7 Å². The highest BCUT2D eigenvalue weighted by atomic mass is 32.2. The molecule has 0 aliphatic heterocycles. The van der Waals surface area contributed by atoms with E-state index in [1.54, 1.807) is 24.3 Å². The third-order valence-electron chi connectivity index (χ3n) is 2.24. The molecule has 0 aliphatic rings. The number of nitrogens with one attached hydrogen (secondary N) is 1. The molecule has 0 saturated carbocycles. The lowest BCUT2D eigenvalue weighted by atomic mass is 10.2. The molecule has 1 N–H and O–H groups in total. The first-order valence-electron chi connectivity index (χ1n) is 6.19. The molecule has 106 valence electrons. The van der Waals surface area contributed by atoms with Crippen molar-refractivity contribution in [2.24, 2.45) is 0 Å². The Kier molecular flexibility index (Phi) is 7.22. The minimum Gasteiger partial charge on any atom is -0.462 e. The van der Waals surface area contributed by atoms with Crippen molar-refractivity contribution in [3.8, 4) is 6.07 Å². The van der Waals surface area contributed by atoms with Crippen LogP contribution in [0.15, 0.2) is 24.3 Å². The number of carbonyl (C=O) groups is 2. The number of nitrogens with zero attached hydrogens (tertiary/aromatic N) is 1. The number of benzene rings is 1. The van der Waals surface area contributed by atoms with E-state index in [1.165, 1.54) is 11.8 Å². The number of ether oxygens (including phenoxy) is 1. The van der Waals surface area contributed by atoms with Gasteiger partial charge in [0, 0.05) is 5.69 Å². The average molecular weight is 292 g/mol. The van der Waals surface area contributed by atoms with E-state index in [9.17, 15) is 9.59 Å². The van der Waals surface area contributed by atoms with Gasteiger partial charge >= 0.3 is 5.97 Å². The lowest BCUT2D eigenvalue weighted by Crippen LogP contribution is -2.14. The summed E-state index contributed by atoms with van der Waals surface area (Å²) >= 11 is 1.25. The molecule has 1 rings (SSSR count). The normalized spacial score (nSPS) is 9.60. The molecule has 0 fully saturated rings. The summed E-state index contributed by atoms with van der Waals surface area (Å²) in [6, 6.07) is 8.47. The van der Waals surface area contributed by atoms with Gasteiger partial charge in [-0.3, -0.25) is 4.79 Å². The van der Waals surface area contributed by atoms with Crippen molar-refractivity contribution >= 4 is 29.3 Å². The molecule has 0 aliphatic carbocycles. The number of esters is 1. The number of nitriles is 1. The predicted octanol–water partition coefficient (Wildman–Crippen LogP) is 2.45. The topological polar surface area (TPSA) is 79.2 Å². The quantitative estimate of drug-likeness (QED) is 0.617. The Balaban J connectivity index is 2.48. The maximum atomic E-state index is 11.6. The van der Waals surface area contributed by atoms with Gasteiger partial charge in [-0.25, -0.2) is 4.79 Å². The Morgan fingerprint density at radius 1 is 1.35 bits per heavy atom. The van der Waals surface area contributed by atoms with Crippen LogP contribution in [-0.4, -0.2) is 30.0 Å². The van der Waals surface area contributed by atoms with Crippen LogP contribution in [0.3, 0.4) is 0 Å². The van der Waals surface area contributed by atoms with Gasteiger partial charge in [0.25, 0.3) is 0 Å². The number of thioether (sulfide) groups is 1. The number of hydrogen-bond acceptors (Lipinski definition) is 5. The molecule has 5 nitrogen and oxygen atoms in total. The molecule has 0 spiro atoms. The second-order valence-corrected chi connectivity index (χ2v) is 4.90. The Bertz CT molecular complexity index is 494. The van der Waals surface area contributed by atoms with E-state index in [4.69, 9.17) is 10.00 Å². The van der Waals surface area contributed by atoms with E-state index in [0.717, 1.165) is 6.42 Å². The Labute approximate surface area is 122 Å². The minimum absolute atomic E-state index is 0.174. The van der Waals surface area contributed by atoms with E-state index in [0.29, 0.717) is 17.9 Å². The molecule has 20 heavy (non-hydrogen) atoms. The van der Waals surface area contributed by atoms with Gasteiger partial charge in [0.2, 0.25) is 5.91 Å². The maximum Gasteiger partial charge on any atom is 0.338 e. The van der Waals surface area contributed by atoms with Crippen LogP contribution in [0.2, 0.25) is 0 Å². The molecule has 1 amide bonds.